The zero-order valence-electron chi connectivity index (χ0n) is 13.5. The predicted molar refractivity (Wildman–Crippen MR) is 82.4 cm³/mol. The summed E-state index contributed by atoms with van der Waals surface area (Å²) in [5, 5.41) is 8.94. The molecule has 0 aliphatic carbocycles. The van der Waals surface area contributed by atoms with Gasteiger partial charge in [-0.05, 0) is 24.7 Å². The topological polar surface area (TPSA) is 37.3 Å². The van der Waals surface area contributed by atoms with Crippen LogP contribution in [0, 0.1) is 17.8 Å². The van der Waals surface area contributed by atoms with Gasteiger partial charge in [0.25, 0.3) is 0 Å². The third-order valence-corrected chi connectivity index (χ3v) is 4.44. The van der Waals surface area contributed by atoms with E-state index in [2.05, 4.69) is 20.8 Å². The highest BCUT2D eigenvalue weighted by Crippen LogP contribution is 2.19. The summed E-state index contributed by atoms with van der Waals surface area (Å²) in [5.74, 6) is 0.917. The zero-order valence-corrected chi connectivity index (χ0v) is 13.5. The van der Waals surface area contributed by atoms with E-state index >= 15 is 0 Å². The first-order valence-electron chi connectivity index (χ1n) is 8.21. The maximum absolute atomic E-state index is 10.9. The van der Waals surface area contributed by atoms with Crippen LogP contribution in [0.15, 0.2) is 0 Å². The van der Waals surface area contributed by atoms with E-state index in [1.54, 1.807) is 0 Å². The van der Waals surface area contributed by atoms with Gasteiger partial charge in [-0.2, -0.15) is 0 Å². The van der Waals surface area contributed by atoms with Crippen LogP contribution >= 0.6 is 0 Å². The minimum atomic E-state index is -0.620. The van der Waals surface area contributed by atoms with Gasteiger partial charge in [-0.1, -0.05) is 72.6 Å². The van der Waals surface area contributed by atoms with Crippen LogP contribution in [0.5, 0.6) is 0 Å². The summed E-state index contributed by atoms with van der Waals surface area (Å²) in [7, 11) is 0. The van der Waals surface area contributed by atoms with Crippen molar-refractivity contribution in [3.8, 4) is 0 Å². The highest BCUT2D eigenvalue weighted by molar-refractivity contribution is 5.69. The number of aliphatic carboxylic acids is 1. The van der Waals surface area contributed by atoms with Crippen molar-refractivity contribution >= 4 is 5.97 Å². The van der Waals surface area contributed by atoms with Crippen LogP contribution in [0.2, 0.25) is 0 Å². The van der Waals surface area contributed by atoms with Gasteiger partial charge >= 0.3 is 5.97 Å². The van der Waals surface area contributed by atoms with E-state index < -0.39 is 5.97 Å². The summed E-state index contributed by atoms with van der Waals surface area (Å²) < 4.78 is 0. The Bertz CT molecular complexity index is 223. The molecule has 0 amide bonds. The van der Waals surface area contributed by atoms with Gasteiger partial charge < -0.3 is 5.11 Å². The Morgan fingerprint density at radius 1 is 0.895 bits per heavy atom. The third kappa shape index (κ3) is 9.98. The molecule has 0 aromatic heterocycles. The van der Waals surface area contributed by atoms with E-state index in [0.29, 0.717) is 0 Å². The van der Waals surface area contributed by atoms with E-state index in [1.807, 2.05) is 6.92 Å². The molecule has 0 aromatic rings. The second-order valence-electron chi connectivity index (χ2n) is 6.36. The highest BCUT2D eigenvalue weighted by Gasteiger charge is 2.13. The first kappa shape index (κ1) is 18.5. The molecule has 0 radical (unpaired) electrons. The lowest BCUT2D eigenvalue weighted by Crippen LogP contribution is -2.12. The summed E-state index contributed by atoms with van der Waals surface area (Å²) in [5.41, 5.74) is 0. The van der Waals surface area contributed by atoms with Crippen LogP contribution in [0.4, 0.5) is 0 Å². The molecule has 0 aliphatic heterocycles. The van der Waals surface area contributed by atoms with Gasteiger partial charge in [-0.25, -0.2) is 0 Å². The number of carboxylic acids is 1. The van der Waals surface area contributed by atoms with Crippen molar-refractivity contribution in [2.45, 2.75) is 85.5 Å². The molecule has 0 spiro atoms. The van der Waals surface area contributed by atoms with Crippen molar-refractivity contribution in [3.05, 3.63) is 0 Å². The first-order chi connectivity index (χ1) is 8.99. The first-order valence-corrected chi connectivity index (χ1v) is 8.21. The number of unbranched alkanes of at least 4 members (excludes halogenated alkanes) is 5. The monoisotopic (exact) mass is 270 g/mol. The summed E-state index contributed by atoms with van der Waals surface area (Å²) >= 11 is 0. The van der Waals surface area contributed by atoms with Crippen LogP contribution in [0.3, 0.4) is 0 Å². The molecule has 0 fully saturated rings. The number of rotatable bonds is 12. The van der Waals surface area contributed by atoms with Crippen LogP contribution in [-0.2, 0) is 4.79 Å². The van der Waals surface area contributed by atoms with Crippen molar-refractivity contribution < 1.29 is 9.90 Å². The third-order valence-electron chi connectivity index (χ3n) is 4.44. The number of hydrogen-bond donors (Lipinski definition) is 1. The lowest BCUT2D eigenvalue weighted by Gasteiger charge is -2.14. The summed E-state index contributed by atoms with van der Waals surface area (Å²) in [6, 6.07) is 0. The summed E-state index contributed by atoms with van der Waals surface area (Å²) in [6.07, 6.45) is 10.5. The molecule has 19 heavy (non-hydrogen) atoms. The SMILES string of the molecule is CCC(CCCCCCCCC(C)C(C)C)C(=O)O. The number of hydrogen-bond acceptors (Lipinski definition) is 1. The fourth-order valence-corrected chi connectivity index (χ4v) is 2.40. The fraction of sp³-hybridized carbons (Fsp3) is 0.941. The van der Waals surface area contributed by atoms with Crippen molar-refractivity contribution in [2.75, 3.05) is 0 Å². The van der Waals surface area contributed by atoms with E-state index in [-0.39, 0.29) is 5.92 Å². The van der Waals surface area contributed by atoms with Crippen LogP contribution < -0.4 is 0 Å². The van der Waals surface area contributed by atoms with Gasteiger partial charge in [-0.3, -0.25) is 4.79 Å². The average molecular weight is 270 g/mol. The molecular formula is C17H34O2. The van der Waals surface area contributed by atoms with Gasteiger partial charge in [-0.15, -0.1) is 0 Å². The van der Waals surface area contributed by atoms with Crippen molar-refractivity contribution in [2.24, 2.45) is 17.8 Å². The molecule has 0 rings (SSSR count). The van der Waals surface area contributed by atoms with E-state index in [4.69, 9.17) is 5.11 Å². The minimum Gasteiger partial charge on any atom is -0.481 e. The molecule has 114 valence electrons. The summed E-state index contributed by atoms with van der Waals surface area (Å²) in [4.78, 5) is 10.9. The van der Waals surface area contributed by atoms with Crippen molar-refractivity contribution in [1.82, 2.24) is 0 Å². The quantitative estimate of drug-likeness (QED) is 0.475. The predicted octanol–water partition coefficient (Wildman–Crippen LogP) is 5.51. The van der Waals surface area contributed by atoms with Crippen LogP contribution in [-0.4, -0.2) is 11.1 Å². The molecule has 0 bridgehead atoms. The largest absolute Gasteiger partial charge is 0.481 e. The number of carbonyl (C=O) groups is 1. The van der Waals surface area contributed by atoms with E-state index in [1.165, 1.54) is 38.5 Å². The van der Waals surface area contributed by atoms with E-state index in [0.717, 1.165) is 31.1 Å². The molecular weight excluding hydrogens is 236 g/mol. The standard InChI is InChI=1S/C17H34O2/c1-5-16(17(18)19)13-11-9-7-6-8-10-12-15(4)14(2)3/h14-16H,5-13H2,1-4H3,(H,18,19). The van der Waals surface area contributed by atoms with Crippen LogP contribution in [0.25, 0.3) is 0 Å². The molecule has 0 aromatic carbocycles. The molecule has 2 unspecified atom stereocenters. The second-order valence-corrected chi connectivity index (χ2v) is 6.36. The lowest BCUT2D eigenvalue weighted by atomic mass is 9.92. The Labute approximate surface area is 120 Å². The van der Waals surface area contributed by atoms with Crippen molar-refractivity contribution in [3.63, 3.8) is 0 Å². The molecule has 0 saturated heterocycles. The Morgan fingerprint density at radius 3 is 1.79 bits per heavy atom. The highest BCUT2D eigenvalue weighted by atomic mass is 16.4. The molecule has 0 aliphatic rings. The Balaban J connectivity index is 3.34. The average Bonchev–Trinajstić information content (AvgIpc) is 2.36. The minimum absolute atomic E-state index is 0.119. The van der Waals surface area contributed by atoms with Crippen molar-refractivity contribution in [1.29, 1.82) is 0 Å². The molecule has 0 saturated carbocycles. The van der Waals surface area contributed by atoms with Crippen LogP contribution in [0.1, 0.15) is 85.5 Å². The molecule has 1 N–H and O–H groups in total. The zero-order chi connectivity index (χ0) is 14.7. The maximum atomic E-state index is 10.9. The second kappa shape index (κ2) is 11.3. The molecule has 0 heterocycles. The fourth-order valence-electron chi connectivity index (χ4n) is 2.40. The Kier molecular flexibility index (Phi) is 11.0. The van der Waals surface area contributed by atoms with E-state index in [9.17, 15) is 4.79 Å². The number of carboxylic acid groups (broad SMARTS) is 1. The van der Waals surface area contributed by atoms with Gasteiger partial charge in [0.05, 0.1) is 5.92 Å². The Morgan fingerprint density at radius 2 is 1.37 bits per heavy atom. The maximum Gasteiger partial charge on any atom is 0.306 e. The smallest absolute Gasteiger partial charge is 0.306 e. The molecule has 2 nitrogen and oxygen atoms in total. The van der Waals surface area contributed by atoms with Gasteiger partial charge in [0.2, 0.25) is 0 Å². The van der Waals surface area contributed by atoms with Gasteiger partial charge in [0, 0.05) is 0 Å². The lowest BCUT2D eigenvalue weighted by molar-refractivity contribution is -0.142. The Hall–Kier alpha value is -0.530. The van der Waals surface area contributed by atoms with Gasteiger partial charge in [0.15, 0.2) is 0 Å². The van der Waals surface area contributed by atoms with Gasteiger partial charge in [0.1, 0.15) is 0 Å². The molecule has 2 atom stereocenters. The normalized spacial score (nSPS) is 14.6. The molecule has 2 heteroatoms. The summed E-state index contributed by atoms with van der Waals surface area (Å²) in [6.45, 7) is 8.92.